The summed E-state index contributed by atoms with van der Waals surface area (Å²) in [6.45, 7) is 6.55. The number of benzene rings is 1. The van der Waals surface area contributed by atoms with E-state index in [4.69, 9.17) is 11.6 Å². The van der Waals surface area contributed by atoms with Crippen LogP contribution in [-0.2, 0) is 11.3 Å². The smallest absolute Gasteiger partial charge is 0.169 e. The summed E-state index contributed by atoms with van der Waals surface area (Å²) in [7, 11) is 0. The van der Waals surface area contributed by atoms with Gasteiger partial charge in [-0.1, -0.05) is 30.3 Å². The highest BCUT2D eigenvalue weighted by molar-refractivity contribution is 8.00. The van der Waals surface area contributed by atoms with Crippen molar-refractivity contribution in [3.8, 4) is 0 Å². The number of halogens is 1. The first-order valence-corrected chi connectivity index (χ1v) is 7.61. The second kappa shape index (κ2) is 5.97. The number of fused-ring (bicyclic) bond motifs is 1. The van der Waals surface area contributed by atoms with Crippen LogP contribution in [0.25, 0.3) is 11.0 Å². The van der Waals surface area contributed by atoms with Crippen molar-refractivity contribution in [2.75, 3.05) is 0 Å². The van der Waals surface area contributed by atoms with Gasteiger partial charge < -0.3 is 4.57 Å². The van der Waals surface area contributed by atoms with E-state index in [0.717, 1.165) is 29.2 Å². The van der Waals surface area contributed by atoms with Crippen molar-refractivity contribution in [3.05, 3.63) is 23.2 Å². The Kier molecular flexibility index (Phi) is 4.53. The van der Waals surface area contributed by atoms with Gasteiger partial charge in [0.25, 0.3) is 0 Å². The summed E-state index contributed by atoms with van der Waals surface area (Å²) in [5.41, 5.74) is 1.96. The molecule has 0 N–H and O–H groups in total. The molecular formula is C14H17ClN2OS. The van der Waals surface area contributed by atoms with E-state index in [1.54, 1.807) is 6.92 Å². The molecule has 0 radical (unpaired) electrons. The minimum absolute atomic E-state index is 0.0807. The first-order valence-electron chi connectivity index (χ1n) is 6.35. The van der Waals surface area contributed by atoms with Gasteiger partial charge in [0.1, 0.15) is 5.78 Å². The number of aryl methyl sites for hydroxylation is 1. The second-order valence-electron chi connectivity index (χ2n) is 4.55. The molecule has 1 aromatic carbocycles. The van der Waals surface area contributed by atoms with Crippen LogP contribution in [-0.4, -0.2) is 20.6 Å². The van der Waals surface area contributed by atoms with Crippen molar-refractivity contribution in [3.63, 3.8) is 0 Å². The van der Waals surface area contributed by atoms with Crippen LogP contribution in [0.3, 0.4) is 0 Å². The second-order valence-corrected chi connectivity index (χ2v) is 6.29. The van der Waals surface area contributed by atoms with Gasteiger partial charge in [0.15, 0.2) is 5.16 Å². The lowest BCUT2D eigenvalue weighted by Crippen LogP contribution is -2.10. The molecule has 0 saturated heterocycles. The maximum absolute atomic E-state index is 11.4. The maximum Gasteiger partial charge on any atom is 0.169 e. The van der Waals surface area contributed by atoms with Crippen LogP contribution in [0.4, 0.5) is 0 Å². The number of ketones is 1. The third-order valence-corrected chi connectivity index (χ3v) is 4.42. The minimum atomic E-state index is -0.0807. The summed E-state index contributed by atoms with van der Waals surface area (Å²) in [5.74, 6) is 0.165. The van der Waals surface area contributed by atoms with Crippen molar-refractivity contribution in [1.82, 2.24) is 9.55 Å². The molecule has 0 fully saturated rings. The maximum atomic E-state index is 11.4. The molecule has 102 valence electrons. The quantitative estimate of drug-likeness (QED) is 0.777. The third kappa shape index (κ3) is 3.12. The van der Waals surface area contributed by atoms with Crippen LogP contribution in [0.5, 0.6) is 0 Å². The fraction of sp³-hybridized carbons (Fsp3) is 0.429. The van der Waals surface area contributed by atoms with E-state index < -0.39 is 0 Å². The number of carbonyl (C=O) groups is 1. The predicted octanol–water partition coefficient (Wildman–Crippen LogP) is 4.17. The van der Waals surface area contributed by atoms with Gasteiger partial charge >= 0.3 is 0 Å². The van der Waals surface area contributed by atoms with E-state index in [1.165, 1.54) is 11.8 Å². The number of hydrogen-bond acceptors (Lipinski definition) is 3. The third-order valence-electron chi connectivity index (χ3n) is 2.98. The van der Waals surface area contributed by atoms with Crippen LogP contribution in [0.15, 0.2) is 23.4 Å². The molecule has 0 aliphatic heterocycles. The fourth-order valence-electron chi connectivity index (χ4n) is 1.85. The molecule has 1 unspecified atom stereocenters. The summed E-state index contributed by atoms with van der Waals surface area (Å²) >= 11 is 7.51. The molecule has 0 aliphatic rings. The van der Waals surface area contributed by atoms with Gasteiger partial charge in [0, 0.05) is 11.6 Å². The Bertz CT molecular complexity index is 609. The Labute approximate surface area is 122 Å². The molecule has 3 nitrogen and oxygen atoms in total. The van der Waals surface area contributed by atoms with E-state index in [9.17, 15) is 4.79 Å². The summed E-state index contributed by atoms with van der Waals surface area (Å²) in [5, 5.41) is 1.49. The number of carbonyl (C=O) groups excluding carboxylic acids is 1. The van der Waals surface area contributed by atoms with Gasteiger partial charge in [0.2, 0.25) is 0 Å². The Morgan fingerprint density at radius 2 is 2.26 bits per heavy atom. The molecule has 0 spiro atoms. The molecule has 1 aromatic heterocycles. The van der Waals surface area contributed by atoms with E-state index in [0.29, 0.717) is 5.02 Å². The molecule has 0 bridgehead atoms. The number of thioether (sulfide) groups is 1. The number of rotatable bonds is 5. The summed E-state index contributed by atoms with van der Waals surface area (Å²) in [6.07, 6.45) is 1.02. The highest BCUT2D eigenvalue weighted by Gasteiger charge is 2.16. The van der Waals surface area contributed by atoms with E-state index in [2.05, 4.69) is 16.5 Å². The average Bonchev–Trinajstić information content (AvgIpc) is 2.67. The van der Waals surface area contributed by atoms with E-state index in [1.807, 2.05) is 25.1 Å². The topological polar surface area (TPSA) is 34.9 Å². The molecule has 0 aliphatic carbocycles. The van der Waals surface area contributed by atoms with Gasteiger partial charge in [-0.25, -0.2) is 4.98 Å². The zero-order valence-corrected chi connectivity index (χ0v) is 12.9. The lowest BCUT2D eigenvalue weighted by atomic mass is 10.3. The molecule has 2 rings (SSSR count). The molecular weight excluding hydrogens is 280 g/mol. The highest BCUT2D eigenvalue weighted by Crippen LogP contribution is 2.29. The van der Waals surface area contributed by atoms with Gasteiger partial charge in [-0.05, 0) is 38.5 Å². The first-order chi connectivity index (χ1) is 9.02. The predicted molar refractivity (Wildman–Crippen MR) is 81.0 cm³/mol. The van der Waals surface area contributed by atoms with Crippen molar-refractivity contribution < 1.29 is 4.79 Å². The van der Waals surface area contributed by atoms with Crippen LogP contribution in [0.2, 0.25) is 5.02 Å². The monoisotopic (exact) mass is 296 g/mol. The lowest BCUT2D eigenvalue weighted by molar-refractivity contribution is -0.116. The molecule has 0 amide bonds. The molecule has 1 heterocycles. The Morgan fingerprint density at radius 1 is 1.53 bits per heavy atom. The lowest BCUT2D eigenvalue weighted by Gasteiger charge is -2.10. The Morgan fingerprint density at radius 3 is 2.89 bits per heavy atom. The standard InChI is InChI=1S/C14H17ClN2OS/c1-4-7-17-13-6-5-11(15)8-12(13)16-14(17)19-10(3)9(2)18/h5-6,8,10H,4,7H2,1-3H3. The van der Waals surface area contributed by atoms with Crippen molar-refractivity contribution in [2.24, 2.45) is 0 Å². The average molecular weight is 297 g/mol. The van der Waals surface area contributed by atoms with Gasteiger partial charge in [-0.15, -0.1) is 0 Å². The van der Waals surface area contributed by atoms with Crippen LogP contribution in [0, 0.1) is 0 Å². The molecule has 1 atom stereocenters. The summed E-state index contributed by atoms with van der Waals surface area (Å²) < 4.78 is 2.16. The number of Topliss-reactive ketones (excluding diaryl/α,β-unsaturated/α-hetero) is 1. The van der Waals surface area contributed by atoms with Crippen molar-refractivity contribution in [1.29, 1.82) is 0 Å². The zero-order chi connectivity index (χ0) is 14.0. The van der Waals surface area contributed by atoms with Gasteiger partial charge in [0.05, 0.1) is 16.3 Å². The van der Waals surface area contributed by atoms with Crippen LogP contribution < -0.4 is 0 Å². The number of imidazole rings is 1. The summed E-state index contributed by atoms with van der Waals surface area (Å²) in [6, 6.07) is 5.73. The highest BCUT2D eigenvalue weighted by atomic mass is 35.5. The normalized spacial score (nSPS) is 12.8. The fourth-order valence-corrected chi connectivity index (χ4v) is 2.97. The number of nitrogens with zero attached hydrogens (tertiary/aromatic N) is 2. The largest absolute Gasteiger partial charge is 0.319 e. The molecule has 0 saturated carbocycles. The molecule has 19 heavy (non-hydrogen) atoms. The van der Waals surface area contributed by atoms with E-state index in [-0.39, 0.29) is 11.0 Å². The SMILES string of the molecule is CCCn1c(SC(C)C(C)=O)nc2cc(Cl)ccc21. The van der Waals surface area contributed by atoms with Crippen LogP contribution >= 0.6 is 23.4 Å². The van der Waals surface area contributed by atoms with E-state index >= 15 is 0 Å². The van der Waals surface area contributed by atoms with Gasteiger partial charge in [-0.3, -0.25) is 4.79 Å². The zero-order valence-electron chi connectivity index (χ0n) is 11.3. The Balaban J connectivity index is 2.46. The summed E-state index contributed by atoms with van der Waals surface area (Å²) in [4.78, 5) is 16.0. The van der Waals surface area contributed by atoms with Crippen molar-refractivity contribution in [2.45, 2.75) is 44.1 Å². The molecule has 5 heteroatoms. The first kappa shape index (κ1) is 14.4. The number of hydrogen-bond donors (Lipinski definition) is 0. The van der Waals surface area contributed by atoms with Gasteiger partial charge in [-0.2, -0.15) is 0 Å². The van der Waals surface area contributed by atoms with Crippen molar-refractivity contribution >= 4 is 40.2 Å². The number of aromatic nitrogens is 2. The molecule has 2 aromatic rings. The Hall–Kier alpha value is -1.00. The van der Waals surface area contributed by atoms with Crippen LogP contribution in [0.1, 0.15) is 27.2 Å². The minimum Gasteiger partial charge on any atom is -0.319 e.